The van der Waals surface area contributed by atoms with E-state index in [0.29, 0.717) is 36.6 Å². The topological polar surface area (TPSA) is 81.1 Å². The quantitative estimate of drug-likeness (QED) is 0.716. The van der Waals surface area contributed by atoms with Gasteiger partial charge in [-0.1, -0.05) is 0 Å². The van der Waals surface area contributed by atoms with Crippen LogP contribution in [0, 0.1) is 0 Å². The van der Waals surface area contributed by atoms with Gasteiger partial charge in [-0.25, -0.2) is 14.5 Å². The molecule has 0 radical (unpaired) electrons. The Morgan fingerprint density at radius 2 is 2.15 bits per heavy atom. The third-order valence-electron chi connectivity index (χ3n) is 4.39. The van der Waals surface area contributed by atoms with Gasteiger partial charge in [0.1, 0.15) is 5.69 Å². The highest BCUT2D eigenvalue weighted by molar-refractivity contribution is 5.79. The summed E-state index contributed by atoms with van der Waals surface area (Å²) in [4.78, 5) is 14.9. The molecule has 1 aliphatic rings. The van der Waals surface area contributed by atoms with Gasteiger partial charge in [0.25, 0.3) is 0 Å². The molecular weight excluding hydrogens is 363 g/mol. The van der Waals surface area contributed by atoms with Crippen molar-refractivity contribution < 1.29 is 22.7 Å². The van der Waals surface area contributed by atoms with Crippen molar-refractivity contribution in [2.24, 2.45) is 0 Å². The van der Waals surface area contributed by atoms with Gasteiger partial charge < -0.3 is 15.4 Å². The summed E-state index contributed by atoms with van der Waals surface area (Å²) in [6.45, 7) is 2.59. The van der Waals surface area contributed by atoms with Crippen LogP contribution in [0.5, 0.6) is 0 Å². The molecule has 1 amide bonds. The van der Waals surface area contributed by atoms with Crippen LogP contribution >= 0.6 is 0 Å². The zero-order chi connectivity index (χ0) is 19.6. The molecule has 7 nitrogen and oxygen atoms in total. The van der Waals surface area contributed by atoms with Gasteiger partial charge in [0.05, 0.1) is 12.8 Å². The van der Waals surface area contributed by atoms with E-state index in [4.69, 9.17) is 0 Å². The molecule has 1 saturated carbocycles. The van der Waals surface area contributed by atoms with Crippen LogP contribution in [0.3, 0.4) is 0 Å². The number of nitrogens with one attached hydrogen (secondary N) is 2. The number of ether oxygens (including phenoxy) is 1. The minimum absolute atomic E-state index is 0.0898. The van der Waals surface area contributed by atoms with Crippen molar-refractivity contribution in [3.63, 3.8) is 0 Å². The maximum Gasteiger partial charge on any atom is 0.433 e. The minimum atomic E-state index is -4.52. The van der Waals surface area contributed by atoms with Gasteiger partial charge >= 0.3 is 12.3 Å². The number of alkyl halides is 3. The number of hydrogen-bond acceptors (Lipinski definition) is 5. The number of halogens is 3. The molecule has 0 aromatic carbocycles. The molecule has 0 bridgehead atoms. The molecule has 1 fully saturated rings. The van der Waals surface area contributed by atoms with Crippen molar-refractivity contribution in [1.29, 1.82) is 0 Å². The summed E-state index contributed by atoms with van der Waals surface area (Å²) in [5, 5.41) is 11.1. The van der Waals surface area contributed by atoms with Crippen LogP contribution < -0.4 is 10.6 Å². The zero-order valence-corrected chi connectivity index (χ0v) is 15.1. The molecule has 2 N–H and O–H groups in total. The van der Waals surface area contributed by atoms with Crippen LogP contribution in [0.4, 0.5) is 18.0 Å². The van der Waals surface area contributed by atoms with E-state index < -0.39 is 18.0 Å². The normalized spacial score (nSPS) is 15.7. The van der Waals surface area contributed by atoms with E-state index >= 15 is 0 Å². The van der Waals surface area contributed by atoms with Crippen molar-refractivity contribution in [2.45, 2.75) is 51.0 Å². The van der Waals surface area contributed by atoms with Crippen molar-refractivity contribution in [2.75, 3.05) is 13.7 Å². The number of pyridine rings is 1. The van der Waals surface area contributed by atoms with E-state index in [9.17, 15) is 18.0 Å². The van der Waals surface area contributed by atoms with Gasteiger partial charge in [0, 0.05) is 30.6 Å². The standard InChI is InChI=1S/C17H22F3N5O2/c1-10(22-11-4-5-11)14-12-6-7-13(17(18,19)20)23-15(12)25(24-14)9-3-8-21-16(26)27-2/h6-7,10-11,22H,3-5,8-9H2,1-2H3,(H,21,26). The Hall–Kier alpha value is -2.36. The highest BCUT2D eigenvalue weighted by Gasteiger charge is 2.34. The number of alkyl carbamates (subject to hydrolysis) is 1. The van der Waals surface area contributed by atoms with Crippen LogP contribution in [0.15, 0.2) is 12.1 Å². The molecule has 27 heavy (non-hydrogen) atoms. The molecule has 2 heterocycles. The monoisotopic (exact) mass is 385 g/mol. The second-order valence-electron chi connectivity index (χ2n) is 6.61. The van der Waals surface area contributed by atoms with E-state index in [1.165, 1.54) is 17.9 Å². The number of rotatable bonds is 7. The van der Waals surface area contributed by atoms with E-state index in [-0.39, 0.29) is 11.7 Å². The number of methoxy groups -OCH3 is 1. The number of amides is 1. The van der Waals surface area contributed by atoms with Crippen LogP contribution in [-0.2, 0) is 17.5 Å². The number of aromatic nitrogens is 3. The maximum atomic E-state index is 13.1. The summed E-state index contributed by atoms with van der Waals surface area (Å²) in [6, 6.07) is 2.77. The number of carbonyl (C=O) groups is 1. The van der Waals surface area contributed by atoms with Crippen LogP contribution in [0.2, 0.25) is 0 Å². The van der Waals surface area contributed by atoms with Crippen LogP contribution in [-0.4, -0.2) is 40.6 Å². The lowest BCUT2D eigenvalue weighted by molar-refractivity contribution is -0.141. The molecule has 10 heteroatoms. The smallest absolute Gasteiger partial charge is 0.433 e. The molecule has 2 aromatic rings. The second kappa shape index (κ2) is 7.71. The average Bonchev–Trinajstić information content (AvgIpc) is 3.36. The summed E-state index contributed by atoms with van der Waals surface area (Å²) in [6.07, 6.45) is -2.40. The van der Waals surface area contributed by atoms with Crippen molar-refractivity contribution in [3.8, 4) is 0 Å². The van der Waals surface area contributed by atoms with Gasteiger partial charge in [-0.15, -0.1) is 0 Å². The Kier molecular flexibility index (Phi) is 5.54. The van der Waals surface area contributed by atoms with Crippen molar-refractivity contribution in [1.82, 2.24) is 25.4 Å². The lowest BCUT2D eigenvalue weighted by atomic mass is 10.1. The Morgan fingerprint density at radius 1 is 1.41 bits per heavy atom. The number of nitrogens with zero attached hydrogens (tertiary/aromatic N) is 3. The summed E-state index contributed by atoms with van der Waals surface area (Å²) in [7, 11) is 1.26. The first kappa shape index (κ1) is 19.4. The fourth-order valence-corrected chi connectivity index (χ4v) is 2.88. The van der Waals surface area contributed by atoms with E-state index in [2.05, 4.69) is 25.5 Å². The highest BCUT2D eigenvalue weighted by atomic mass is 19.4. The van der Waals surface area contributed by atoms with Crippen molar-refractivity contribution >= 4 is 17.1 Å². The molecule has 2 aromatic heterocycles. The number of carbonyl (C=O) groups excluding carboxylic acids is 1. The minimum Gasteiger partial charge on any atom is -0.453 e. The molecular formula is C17H22F3N5O2. The van der Waals surface area contributed by atoms with Crippen LogP contribution in [0.25, 0.3) is 11.0 Å². The predicted octanol–water partition coefficient (Wildman–Crippen LogP) is 3.01. The summed E-state index contributed by atoms with van der Waals surface area (Å²) < 4.78 is 45.1. The molecule has 0 aliphatic heterocycles. The fraction of sp³-hybridized carbons (Fsp3) is 0.588. The Bertz CT molecular complexity index is 817. The fourth-order valence-electron chi connectivity index (χ4n) is 2.88. The highest BCUT2D eigenvalue weighted by Crippen LogP contribution is 2.32. The molecule has 148 valence electrons. The van der Waals surface area contributed by atoms with Gasteiger partial charge in [0.2, 0.25) is 0 Å². The number of hydrogen-bond donors (Lipinski definition) is 2. The molecule has 0 spiro atoms. The summed E-state index contributed by atoms with van der Waals surface area (Å²) >= 11 is 0. The van der Waals surface area contributed by atoms with Crippen LogP contribution in [0.1, 0.15) is 43.6 Å². The van der Waals surface area contributed by atoms with Gasteiger partial charge in [-0.3, -0.25) is 0 Å². The molecule has 3 rings (SSSR count). The lowest BCUT2D eigenvalue weighted by Gasteiger charge is -2.10. The Balaban J connectivity index is 1.85. The Labute approximate surface area is 154 Å². The van der Waals surface area contributed by atoms with Crippen molar-refractivity contribution in [3.05, 3.63) is 23.5 Å². The third kappa shape index (κ3) is 4.68. The van der Waals surface area contributed by atoms with Gasteiger partial charge in [-0.2, -0.15) is 18.3 Å². The first-order valence-corrected chi connectivity index (χ1v) is 8.82. The molecule has 1 unspecified atom stereocenters. The first-order valence-electron chi connectivity index (χ1n) is 8.82. The lowest BCUT2D eigenvalue weighted by Crippen LogP contribution is -2.25. The Morgan fingerprint density at radius 3 is 2.78 bits per heavy atom. The van der Waals surface area contributed by atoms with E-state index in [1.54, 1.807) is 0 Å². The number of aryl methyl sites for hydroxylation is 1. The summed E-state index contributed by atoms with van der Waals surface area (Å²) in [5.74, 6) is 0. The predicted molar refractivity (Wildman–Crippen MR) is 92.1 cm³/mol. The van der Waals surface area contributed by atoms with E-state index in [1.807, 2.05) is 6.92 Å². The first-order chi connectivity index (χ1) is 12.8. The van der Waals surface area contributed by atoms with E-state index in [0.717, 1.165) is 18.9 Å². The molecule has 0 saturated heterocycles. The zero-order valence-electron chi connectivity index (χ0n) is 15.1. The van der Waals surface area contributed by atoms with Gasteiger partial charge in [0.15, 0.2) is 5.65 Å². The molecule has 1 aliphatic carbocycles. The molecule has 1 atom stereocenters. The number of fused-ring (bicyclic) bond motifs is 1. The van der Waals surface area contributed by atoms with Gasteiger partial charge in [-0.05, 0) is 38.3 Å². The average molecular weight is 385 g/mol. The maximum absolute atomic E-state index is 13.1. The SMILES string of the molecule is COC(=O)NCCCn1nc(C(C)NC2CC2)c2ccc(C(F)(F)F)nc21. The second-order valence-corrected chi connectivity index (χ2v) is 6.61. The third-order valence-corrected chi connectivity index (χ3v) is 4.39. The summed E-state index contributed by atoms with van der Waals surface area (Å²) in [5.41, 5.74) is -0.0698. The largest absolute Gasteiger partial charge is 0.453 e.